The van der Waals surface area contributed by atoms with Crippen molar-refractivity contribution in [1.82, 2.24) is 20.1 Å². The average molecular weight is 348 g/mol. The van der Waals surface area contributed by atoms with Gasteiger partial charge in [0.2, 0.25) is 0 Å². The van der Waals surface area contributed by atoms with Gasteiger partial charge < -0.3 is 0 Å². The maximum atomic E-state index is 12.6. The Kier molecular flexibility index (Phi) is 4.75. The van der Waals surface area contributed by atoms with Gasteiger partial charge in [-0.3, -0.25) is 9.63 Å². The van der Waals surface area contributed by atoms with Crippen LogP contribution in [0.1, 0.15) is 40.5 Å². The predicted octanol–water partition coefficient (Wildman–Crippen LogP) is 3.08. The Hall–Kier alpha value is -2.99. The van der Waals surface area contributed by atoms with Crippen LogP contribution in [0.15, 0.2) is 66.9 Å². The number of hydrogen-bond acceptors (Lipinski definition) is 4. The Bertz CT molecular complexity index is 818. The minimum atomic E-state index is -0.240. The SMILES string of the molecule is O=C(c1cn(C(c2ccccc2)c2ccccc2)nn1)N1CCCCO1. The Labute approximate surface area is 152 Å². The molecule has 6 nitrogen and oxygen atoms in total. The third kappa shape index (κ3) is 3.36. The lowest BCUT2D eigenvalue weighted by atomic mass is 9.99. The first-order valence-corrected chi connectivity index (χ1v) is 8.79. The first kappa shape index (κ1) is 16.5. The van der Waals surface area contributed by atoms with E-state index in [1.807, 2.05) is 36.4 Å². The molecule has 0 radical (unpaired) electrons. The molecule has 0 N–H and O–H groups in total. The largest absolute Gasteiger partial charge is 0.299 e. The highest BCUT2D eigenvalue weighted by Crippen LogP contribution is 2.26. The zero-order chi connectivity index (χ0) is 17.8. The molecule has 0 atom stereocenters. The third-order valence-electron chi connectivity index (χ3n) is 4.45. The van der Waals surface area contributed by atoms with Crippen LogP contribution in [0.25, 0.3) is 0 Å². The van der Waals surface area contributed by atoms with Crippen LogP contribution in [0, 0.1) is 0 Å². The van der Waals surface area contributed by atoms with Crippen molar-refractivity contribution in [2.75, 3.05) is 13.2 Å². The molecule has 6 heteroatoms. The summed E-state index contributed by atoms with van der Waals surface area (Å²) >= 11 is 0. The zero-order valence-corrected chi connectivity index (χ0v) is 14.4. The summed E-state index contributed by atoms with van der Waals surface area (Å²) < 4.78 is 1.74. The summed E-state index contributed by atoms with van der Waals surface area (Å²) in [5, 5.41) is 9.74. The number of benzene rings is 2. The molecule has 0 unspecified atom stereocenters. The summed E-state index contributed by atoms with van der Waals surface area (Å²) in [6, 6.07) is 20.0. The number of rotatable bonds is 4. The molecule has 132 valence electrons. The van der Waals surface area contributed by atoms with E-state index in [2.05, 4.69) is 34.6 Å². The molecule has 2 heterocycles. The summed E-state index contributed by atoms with van der Waals surface area (Å²) in [7, 11) is 0. The molecular weight excluding hydrogens is 328 g/mol. The molecule has 1 fully saturated rings. The first-order chi connectivity index (χ1) is 12.8. The standard InChI is InChI=1S/C20H20N4O2/c25-20(24-13-7-8-14-26-24)18-15-23(22-21-18)19(16-9-3-1-4-10-16)17-11-5-2-6-12-17/h1-6,9-12,15,19H,7-8,13-14H2. The van der Waals surface area contributed by atoms with Crippen LogP contribution in [0.2, 0.25) is 0 Å². The molecule has 1 aromatic heterocycles. The van der Waals surface area contributed by atoms with Gasteiger partial charge in [0.05, 0.1) is 12.8 Å². The highest BCUT2D eigenvalue weighted by molar-refractivity contribution is 5.91. The maximum absolute atomic E-state index is 12.6. The molecule has 2 aromatic carbocycles. The number of carbonyl (C=O) groups is 1. The molecule has 3 aromatic rings. The second-order valence-electron chi connectivity index (χ2n) is 6.26. The van der Waals surface area contributed by atoms with Gasteiger partial charge in [0, 0.05) is 6.54 Å². The lowest BCUT2D eigenvalue weighted by Gasteiger charge is -2.24. The van der Waals surface area contributed by atoms with E-state index >= 15 is 0 Å². The number of nitrogens with zero attached hydrogens (tertiary/aromatic N) is 4. The van der Waals surface area contributed by atoms with Gasteiger partial charge >= 0.3 is 0 Å². The van der Waals surface area contributed by atoms with Crippen LogP contribution >= 0.6 is 0 Å². The molecule has 0 saturated carbocycles. The monoisotopic (exact) mass is 348 g/mol. The van der Waals surface area contributed by atoms with E-state index in [4.69, 9.17) is 4.84 Å². The number of aromatic nitrogens is 3. The van der Waals surface area contributed by atoms with Gasteiger partial charge in [-0.25, -0.2) is 9.75 Å². The molecule has 0 aliphatic carbocycles. The summed E-state index contributed by atoms with van der Waals surface area (Å²) in [5.41, 5.74) is 2.46. The minimum Gasteiger partial charge on any atom is -0.271 e. The fourth-order valence-corrected chi connectivity index (χ4v) is 3.15. The highest BCUT2D eigenvalue weighted by atomic mass is 16.7. The minimum absolute atomic E-state index is 0.145. The molecule has 1 saturated heterocycles. The molecule has 0 bridgehead atoms. The van der Waals surface area contributed by atoms with Crippen LogP contribution in [0.5, 0.6) is 0 Å². The van der Waals surface area contributed by atoms with E-state index < -0.39 is 0 Å². The second-order valence-corrected chi connectivity index (χ2v) is 6.26. The van der Waals surface area contributed by atoms with E-state index in [9.17, 15) is 4.79 Å². The Morgan fingerprint density at radius 1 is 0.962 bits per heavy atom. The van der Waals surface area contributed by atoms with Crippen molar-refractivity contribution in [3.05, 3.63) is 83.7 Å². The number of carbonyl (C=O) groups excluding carboxylic acids is 1. The van der Waals surface area contributed by atoms with Gasteiger partial charge in [0.15, 0.2) is 5.69 Å². The molecular formula is C20H20N4O2. The van der Waals surface area contributed by atoms with E-state index in [-0.39, 0.29) is 11.9 Å². The van der Waals surface area contributed by atoms with Crippen LogP contribution in [-0.2, 0) is 4.84 Å². The summed E-state index contributed by atoms with van der Waals surface area (Å²) in [4.78, 5) is 18.0. The van der Waals surface area contributed by atoms with E-state index in [0.717, 1.165) is 24.0 Å². The smallest absolute Gasteiger partial charge is 0.271 e. The molecule has 0 spiro atoms. The average Bonchev–Trinajstić information content (AvgIpc) is 3.19. The Balaban J connectivity index is 1.67. The van der Waals surface area contributed by atoms with Crippen LogP contribution < -0.4 is 0 Å². The predicted molar refractivity (Wildman–Crippen MR) is 96.4 cm³/mol. The van der Waals surface area contributed by atoms with Crippen molar-refractivity contribution in [3.63, 3.8) is 0 Å². The second kappa shape index (κ2) is 7.49. The van der Waals surface area contributed by atoms with Crippen molar-refractivity contribution >= 4 is 5.91 Å². The van der Waals surface area contributed by atoms with Crippen LogP contribution in [0.3, 0.4) is 0 Å². The van der Waals surface area contributed by atoms with Gasteiger partial charge in [0.1, 0.15) is 6.04 Å². The zero-order valence-electron chi connectivity index (χ0n) is 14.4. The van der Waals surface area contributed by atoms with Gasteiger partial charge in [0.25, 0.3) is 5.91 Å². The summed E-state index contributed by atoms with van der Waals surface area (Å²) in [5.74, 6) is -0.240. The first-order valence-electron chi connectivity index (χ1n) is 8.79. The topological polar surface area (TPSA) is 60.2 Å². The lowest BCUT2D eigenvalue weighted by molar-refractivity contribution is -0.144. The van der Waals surface area contributed by atoms with Gasteiger partial charge in [-0.1, -0.05) is 65.9 Å². The number of hydroxylamine groups is 2. The normalized spacial score (nSPS) is 14.6. The van der Waals surface area contributed by atoms with Gasteiger partial charge in [-0.05, 0) is 24.0 Å². The van der Waals surface area contributed by atoms with E-state index in [1.54, 1.807) is 10.9 Å². The Morgan fingerprint density at radius 2 is 1.62 bits per heavy atom. The third-order valence-corrected chi connectivity index (χ3v) is 4.45. The van der Waals surface area contributed by atoms with E-state index in [0.29, 0.717) is 18.8 Å². The maximum Gasteiger partial charge on any atom is 0.299 e. The molecule has 1 aliphatic rings. The van der Waals surface area contributed by atoms with Gasteiger partial charge in [-0.2, -0.15) is 0 Å². The van der Waals surface area contributed by atoms with Crippen molar-refractivity contribution < 1.29 is 9.63 Å². The van der Waals surface area contributed by atoms with Gasteiger partial charge in [-0.15, -0.1) is 5.10 Å². The van der Waals surface area contributed by atoms with Crippen LogP contribution in [0.4, 0.5) is 0 Å². The lowest BCUT2D eigenvalue weighted by Crippen LogP contribution is -2.35. The number of hydrogen-bond donors (Lipinski definition) is 0. The number of amides is 1. The molecule has 26 heavy (non-hydrogen) atoms. The molecule has 1 amide bonds. The van der Waals surface area contributed by atoms with Crippen molar-refractivity contribution in [2.45, 2.75) is 18.9 Å². The van der Waals surface area contributed by atoms with Crippen molar-refractivity contribution in [1.29, 1.82) is 0 Å². The fraction of sp³-hybridized carbons (Fsp3) is 0.250. The quantitative estimate of drug-likeness (QED) is 0.727. The molecule has 4 rings (SSSR count). The van der Waals surface area contributed by atoms with E-state index in [1.165, 1.54) is 5.06 Å². The van der Waals surface area contributed by atoms with Crippen LogP contribution in [-0.4, -0.2) is 39.1 Å². The van der Waals surface area contributed by atoms with Crippen molar-refractivity contribution in [2.24, 2.45) is 0 Å². The summed E-state index contributed by atoms with van der Waals surface area (Å²) in [6.45, 7) is 1.16. The fourth-order valence-electron chi connectivity index (χ4n) is 3.15. The van der Waals surface area contributed by atoms with Crippen molar-refractivity contribution in [3.8, 4) is 0 Å². The molecule has 1 aliphatic heterocycles. The highest BCUT2D eigenvalue weighted by Gasteiger charge is 2.24. The Morgan fingerprint density at radius 3 is 2.19 bits per heavy atom. The summed E-state index contributed by atoms with van der Waals surface area (Å²) in [6.07, 6.45) is 3.61.